The van der Waals surface area contributed by atoms with Crippen molar-refractivity contribution in [2.24, 2.45) is 0 Å². The number of alkyl halides is 1. The van der Waals surface area contributed by atoms with Gasteiger partial charge in [-0.15, -0.1) is 0 Å². The summed E-state index contributed by atoms with van der Waals surface area (Å²) in [5, 5.41) is 1.14. The van der Waals surface area contributed by atoms with Crippen molar-refractivity contribution in [3.05, 3.63) is 48.6 Å². The summed E-state index contributed by atoms with van der Waals surface area (Å²) in [6, 6.07) is 0. The lowest BCUT2D eigenvalue weighted by Gasteiger charge is -1.92. The highest BCUT2D eigenvalue weighted by Crippen LogP contribution is 2.03. The fourth-order valence-corrected chi connectivity index (χ4v) is 1.99. The Morgan fingerprint density at radius 3 is 2.11 bits per heavy atom. The van der Waals surface area contributed by atoms with E-state index in [2.05, 4.69) is 71.5 Å². The molecule has 0 spiro atoms. The standard InChI is InChI=1S/C18H29Br/c1-2-3-4-5-6-7-8-9-10-11-12-13-14-15-16-17-18-19/h4-7,9-10,12-13H,2-3,8,11,14-18H2,1H3/b5-4+,7-6-,10-9-,13-12-. The van der Waals surface area contributed by atoms with E-state index >= 15 is 0 Å². The van der Waals surface area contributed by atoms with E-state index in [1.54, 1.807) is 0 Å². The van der Waals surface area contributed by atoms with Crippen LogP contribution in [0.15, 0.2) is 48.6 Å². The van der Waals surface area contributed by atoms with Crippen molar-refractivity contribution in [1.29, 1.82) is 0 Å². The lowest BCUT2D eigenvalue weighted by molar-refractivity contribution is 0.736. The minimum Gasteiger partial charge on any atom is -0.0928 e. The summed E-state index contributed by atoms with van der Waals surface area (Å²) < 4.78 is 0. The first kappa shape index (κ1) is 18.4. The normalized spacial score (nSPS) is 12.7. The van der Waals surface area contributed by atoms with Gasteiger partial charge >= 0.3 is 0 Å². The largest absolute Gasteiger partial charge is 0.0928 e. The van der Waals surface area contributed by atoms with Crippen molar-refractivity contribution in [1.82, 2.24) is 0 Å². The van der Waals surface area contributed by atoms with Crippen LogP contribution in [0.2, 0.25) is 0 Å². The predicted molar refractivity (Wildman–Crippen MR) is 93.0 cm³/mol. The molecule has 0 radical (unpaired) electrons. The van der Waals surface area contributed by atoms with Gasteiger partial charge in [-0.1, -0.05) is 84.3 Å². The Bertz CT molecular complexity index is 271. The molecule has 0 aromatic rings. The van der Waals surface area contributed by atoms with Crippen LogP contribution < -0.4 is 0 Å². The van der Waals surface area contributed by atoms with E-state index < -0.39 is 0 Å². The van der Waals surface area contributed by atoms with Crippen LogP contribution in [0.4, 0.5) is 0 Å². The van der Waals surface area contributed by atoms with Crippen molar-refractivity contribution < 1.29 is 0 Å². The average molecular weight is 325 g/mol. The first-order chi connectivity index (χ1) is 9.41. The molecule has 0 aliphatic carbocycles. The molecule has 19 heavy (non-hydrogen) atoms. The molecule has 0 aromatic carbocycles. The first-order valence-corrected chi connectivity index (χ1v) is 8.71. The van der Waals surface area contributed by atoms with Gasteiger partial charge < -0.3 is 0 Å². The highest BCUT2D eigenvalue weighted by molar-refractivity contribution is 9.09. The molecule has 0 aromatic heterocycles. The van der Waals surface area contributed by atoms with Gasteiger partial charge in [-0.3, -0.25) is 0 Å². The van der Waals surface area contributed by atoms with Crippen LogP contribution in [-0.4, -0.2) is 5.33 Å². The zero-order chi connectivity index (χ0) is 14.0. The van der Waals surface area contributed by atoms with Crippen LogP contribution in [0.5, 0.6) is 0 Å². The van der Waals surface area contributed by atoms with Crippen LogP contribution in [0, 0.1) is 0 Å². The number of hydrogen-bond donors (Lipinski definition) is 0. The molecule has 0 nitrogen and oxygen atoms in total. The maximum absolute atomic E-state index is 3.45. The van der Waals surface area contributed by atoms with Crippen LogP contribution in [0.25, 0.3) is 0 Å². The summed E-state index contributed by atoms with van der Waals surface area (Å²) in [5.74, 6) is 0. The maximum Gasteiger partial charge on any atom is 0.00313 e. The van der Waals surface area contributed by atoms with Gasteiger partial charge in [0.15, 0.2) is 0 Å². The summed E-state index contributed by atoms with van der Waals surface area (Å²) >= 11 is 3.45. The number of allylic oxidation sites excluding steroid dienone is 8. The molecule has 108 valence electrons. The third-order valence-electron chi connectivity index (χ3n) is 2.72. The average Bonchev–Trinajstić information content (AvgIpc) is 2.43. The third-order valence-corrected chi connectivity index (χ3v) is 3.28. The van der Waals surface area contributed by atoms with Crippen LogP contribution in [-0.2, 0) is 0 Å². The van der Waals surface area contributed by atoms with E-state index in [9.17, 15) is 0 Å². The Hall–Kier alpha value is -0.560. The minimum absolute atomic E-state index is 1.04. The molecule has 0 saturated carbocycles. The monoisotopic (exact) mass is 324 g/mol. The molecule has 0 rings (SSSR count). The van der Waals surface area contributed by atoms with Gasteiger partial charge in [-0.2, -0.15) is 0 Å². The second-order valence-corrected chi connectivity index (χ2v) is 5.39. The number of unbranched alkanes of at least 4 members (excludes halogenated alkanes) is 4. The zero-order valence-electron chi connectivity index (χ0n) is 12.4. The Morgan fingerprint density at radius 1 is 0.684 bits per heavy atom. The third kappa shape index (κ3) is 17.4. The molecule has 0 aliphatic rings. The maximum atomic E-state index is 3.45. The SMILES string of the molecule is CCC/C=C/C=C\C/C=C\C/C=C\CCCCCBr. The second-order valence-electron chi connectivity index (χ2n) is 4.60. The first-order valence-electron chi connectivity index (χ1n) is 7.59. The lowest BCUT2D eigenvalue weighted by atomic mass is 10.2. The fraction of sp³-hybridized carbons (Fsp3) is 0.556. The topological polar surface area (TPSA) is 0 Å². The minimum atomic E-state index is 1.04. The smallest absolute Gasteiger partial charge is 0.00313 e. The Balaban J connectivity index is 3.35. The summed E-state index contributed by atoms with van der Waals surface area (Å²) in [6.07, 6.45) is 27.5. The van der Waals surface area contributed by atoms with E-state index in [-0.39, 0.29) is 0 Å². The molecule has 0 aliphatic heterocycles. The lowest BCUT2D eigenvalue weighted by Crippen LogP contribution is -1.75. The molecule has 0 N–H and O–H groups in total. The number of halogens is 1. The summed E-state index contributed by atoms with van der Waals surface area (Å²) in [5.41, 5.74) is 0. The molecule has 0 fully saturated rings. The van der Waals surface area contributed by atoms with Gasteiger partial charge in [-0.25, -0.2) is 0 Å². The van der Waals surface area contributed by atoms with Gasteiger partial charge in [0, 0.05) is 5.33 Å². The van der Waals surface area contributed by atoms with Crippen molar-refractivity contribution in [3.8, 4) is 0 Å². The molecule has 0 bridgehead atoms. The van der Waals surface area contributed by atoms with E-state index in [1.165, 1.54) is 38.5 Å². The number of hydrogen-bond acceptors (Lipinski definition) is 0. The summed E-state index contributed by atoms with van der Waals surface area (Å²) in [7, 11) is 0. The zero-order valence-corrected chi connectivity index (χ0v) is 13.9. The van der Waals surface area contributed by atoms with E-state index in [1.807, 2.05) is 0 Å². The van der Waals surface area contributed by atoms with Crippen LogP contribution in [0.1, 0.15) is 58.3 Å². The second kappa shape index (κ2) is 17.4. The van der Waals surface area contributed by atoms with Gasteiger partial charge in [0.2, 0.25) is 0 Å². The highest BCUT2D eigenvalue weighted by Gasteiger charge is 1.84. The van der Waals surface area contributed by atoms with Crippen molar-refractivity contribution in [2.45, 2.75) is 58.3 Å². The Morgan fingerprint density at radius 2 is 1.37 bits per heavy atom. The van der Waals surface area contributed by atoms with E-state index in [0.717, 1.165) is 18.2 Å². The van der Waals surface area contributed by atoms with Crippen LogP contribution >= 0.6 is 15.9 Å². The van der Waals surface area contributed by atoms with E-state index in [0.29, 0.717) is 0 Å². The van der Waals surface area contributed by atoms with Gasteiger partial charge in [0.25, 0.3) is 0 Å². The summed E-state index contributed by atoms with van der Waals surface area (Å²) in [6.45, 7) is 2.20. The Kier molecular flexibility index (Phi) is 16.9. The van der Waals surface area contributed by atoms with Gasteiger partial charge in [-0.05, 0) is 38.5 Å². The molecule has 0 unspecified atom stereocenters. The molecule has 1 heteroatoms. The fourth-order valence-electron chi connectivity index (χ4n) is 1.60. The molecular formula is C18H29Br. The molecule has 0 heterocycles. The van der Waals surface area contributed by atoms with Crippen molar-refractivity contribution >= 4 is 15.9 Å². The van der Waals surface area contributed by atoms with Gasteiger partial charge in [0.1, 0.15) is 0 Å². The van der Waals surface area contributed by atoms with Crippen molar-refractivity contribution in [3.63, 3.8) is 0 Å². The summed E-state index contributed by atoms with van der Waals surface area (Å²) in [4.78, 5) is 0. The quantitative estimate of drug-likeness (QED) is 0.161. The molecule has 0 atom stereocenters. The van der Waals surface area contributed by atoms with E-state index in [4.69, 9.17) is 0 Å². The molecule has 0 amide bonds. The predicted octanol–water partition coefficient (Wildman–Crippen LogP) is 6.75. The van der Waals surface area contributed by atoms with Gasteiger partial charge in [0.05, 0.1) is 0 Å². The van der Waals surface area contributed by atoms with Crippen molar-refractivity contribution in [2.75, 3.05) is 5.33 Å². The highest BCUT2D eigenvalue weighted by atomic mass is 79.9. The van der Waals surface area contributed by atoms with Crippen LogP contribution in [0.3, 0.4) is 0 Å². The molecule has 0 saturated heterocycles. The Labute approximate surface area is 128 Å². The number of rotatable bonds is 12. The molecular weight excluding hydrogens is 296 g/mol.